The number of rotatable bonds is 4. The van der Waals surface area contributed by atoms with E-state index in [4.69, 9.17) is 0 Å². The highest BCUT2D eigenvalue weighted by atomic mass is 28.5. The molecule has 0 N–H and O–H groups in total. The van der Waals surface area contributed by atoms with Crippen molar-refractivity contribution in [1.82, 2.24) is 0 Å². The monoisotopic (exact) mass is 234 g/mol. The smallest absolute Gasteiger partial charge is 0.462 e. The van der Waals surface area contributed by atoms with Crippen molar-refractivity contribution in [3.63, 3.8) is 0 Å². The summed E-state index contributed by atoms with van der Waals surface area (Å²) in [6.07, 6.45) is 0. The van der Waals surface area contributed by atoms with Crippen molar-refractivity contribution in [3.05, 3.63) is 35.9 Å². The number of halogens is 3. The molecule has 0 aliphatic heterocycles. The van der Waals surface area contributed by atoms with Gasteiger partial charge in [0.2, 0.25) is 0 Å². The van der Waals surface area contributed by atoms with Gasteiger partial charge < -0.3 is 4.74 Å². The molecule has 2 nitrogen and oxygen atoms in total. The third-order valence-electron chi connectivity index (χ3n) is 1.63. The van der Waals surface area contributed by atoms with Crippen LogP contribution in [0.4, 0.5) is 12.3 Å². The number of carbonyl (C=O) groups excluding carboxylic acids is 1. The maximum absolute atomic E-state index is 11.9. The fourth-order valence-corrected chi connectivity index (χ4v) is 1.25. The summed E-state index contributed by atoms with van der Waals surface area (Å²) in [5.41, 5.74) is 0.265. The fourth-order valence-electron chi connectivity index (χ4n) is 0.917. The molecule has 1 rings (SSSR count). The van der Waals surface area contributed by atoms with Crippen molar-refractivity contribution in [2.75, 3.05) is 6.61 Å². The van der Waals surface area contributed by atoms with Gasteiger partial charge in [-0.25, -0.2) is 17.1 Å². The zero-order valence-corrected chi connectivity index (χ0v) is 8.75. The molecule has 1 aromatic carbocycles. The highest BCUT2D eigenvalue weighted by molar-refractivity contribution is 6.58. The van der Waals surface area contributed by atoms with Gasteiger partial charge >= 0.3 is 15.0 Å². The van der Waals surface area contributed by atoms with Crippen molar-refractivity contribution in [1.29, 1.82) is 0 Å². The van der Waals surface area contributed by atoms with E-state index in [9.17, 15) is 17.1 Å². The summed E-state index contributed by atoms with van der Waals surface area (Å²) >= 11 is 0. The first-order valence-electron chi connectivity index (χ1n) is 4.28. The lowest BCUT2D eigenvalue weighted by Crippen LogP contribution is -2.19. The third-order valence-corrected chi connectivity index (χ3v) is 2.40. The maximum atomic E-state index is 11.9. The Balaban J connectivity index is 2.38. The Morgan fingerprint density at radius 2 is 1.80 bits per heavy atom. The molecule has 6 heteroatoms. The van der Waals surface area contributed by atoms with Crippen LogP contribution in [0, 0.1) is 0 Å². The Morgan fingerprint density at radius 1 is 1.20 bits per heavy atom. The Labute approximate surface area is 86.2 Å². The van der Waals surface area contributed by atoms with Gasteiger partial charge in [0.05, 0.1) is 18.2 Å². The minimum atomic E-state index is -5.60. The molecule has 0 unspecified atom stereocenters. The lowest BCUT2D eigenvalue weighted by molar-refractivity contribution is 0.0520. The van der Waals surface area contributed by atoms with Gasteiger partial charge in [0, 0.05) is 0 Å². The molecule has 0 aliphatic rings. The lowest BCUT2D eigenvalue weighted by Gasteiger charge is -2.04. The normalized spacial score (nSPS) is 11.1. The van der Waals surface area contributed by atoms with Crippen LogP contribution in [0.15, 0.2) is 30.3 Å². The van der Waals surface area contributed by atoms with Crippen molar-refractivity contribution < 1.29 is 21.9 Å². The van der Waals surface area contributed by atoms with Crippen molar-refractivity contribution >= 4 is 15.0 Å². The van der Waals surface area contributed by atoms with Gasteiger partial charge in [-0.1, -0.05) is 18.2 Å². The van der Waals surface area contributed by atoms with Crippen LogP contribution in [0.5, 0.6) is 0 Å². The van der Waals surface area contributed by atoms with E-state index in [2.05, 4.69) is 4.74 Å². The summed E-state index contributed by atoms with van der Waals surface area (Å²) in [7, 11) is -5.60. The van der Waals surface area contributed by atoms with Gasteiger partial charge in [0.25, 0.3) is 0 Å². The standard InChI is InChI=1S/C9H9F3O2Si/c10-15(11,12)7-6-14-9(13)8-4-2-1-3-5-8/h1-5H,6-7H2. The van der Waals surface area contributed by atoms with Crippen LogP contribution in [-0.4, -0.2) is 21.7 Å². The minimum Gasteiger partial charge on any atom is -0.462 e. The molecule has 0 fully saturated rings. The molecule has 0 atom stereocenters. The molecule has 82 valence electrons. The molecular weight excluding hydrogens is 225 g/mol. The van der Waals surface area contributed by atoms with E-state index < -0.39 is 27.7 Å². The summed E-state index contributed by atoms with van der Waals surface area (Å²) in [5.74, 6) is -0.714. The van der Waals surface area contributed by atoms with Gasteiger partial charge in [-0.3, -0.25) is 0 Å². The van der Waals surface area contributed by atoms with Crippen molar-refractivity contribution in [2.45, 2.75) is 6.04 Å². The summed E-state index contributed by atoms with van der Waals surface area (Å²) < 4.78 is 40.0. The van der Waals surface area contributed by atoms with E-state index in [1.165, 1.54) is 12.1 Å². The summed E-state index contributed by atoms with van der Waals surface area (Å²) in [5, 5.41) is 0. The van der Waals surface area contributed by atoms with E-state index in [1.54, 1.807) is 18.2 Å². The highest BCUT2D eigenvalue weighted by Crippen LogP contribution is 2.14. The molecule has 0 aromatic heterocycles. The number of carbonyl (C=O) groups is 1. The van der Waals surface area contributed by atoms with E-state index in [1.807, 2.05) is 0 Å². The molecule has 0 heterocycles. The molecule has 0 radical (unpaired) electrons. The zero-order chi connectivity index (χ0) is 11.3. The van der Waals surface area contributed by atoms with E-state index in [0.29, 0.717) is 0 Å². The molecule has 0 aliphatic carbocycles. The number of hydrogen-bond donors (Lipinski definition) is 0. The van der Waals surface area contributed by atoms with Crippen LogP contribution in [-0.2, 0) is 4.74 Å². The molecule has 0 spiro atoms. The zero-order valence-electron chi connectivity index (χ0n) is 7.75. The second-order valence-electron chi connectivity index (χ2n) is 2.87. The van der Waals surface area contributed by atoms with Gasteiger partial charge in [0.1, 0.15) is 0 Å². The van der Waals surface area contributed by atoms with Gasteiger partial charge in [0.15, 0.2) is 0 Å². The second kappa shape index (κ2) is 4.97. The minimum absolute atomic E-state index is 0.265. The van der Waals surface area contributed by atoms with Crippen LogP contribution in [0.2, 0.25) is 6.04 Å². The van der Waals surface area contributed by atoms with Crippen LogP contribution in [0.1, 0.15) is 10.4 Å². The average molecular weight is 234 g/mol. The highest BCUT2D eigenvalue weighted by Gasteiger charge is 2.36. The summed E-state index contributed by atoms with van der Waals surface area (Å²) in [6, 6.07) is 6.95. The van der Waals surface area contributed by atoms with Crippen LogP contribution in [0.3, 0.4) is 0 Å². The van der Waals surface area contributed by atoms with Gasteiger partial charge in [-0.2, -0.15) is 0 Å². The van der Waals surface area contributed by atoms with Crippen LogP contribution < -0.4 is 0 Å². The molecule has 0 bridgehead atoms. The predicted molar refractivity (Wildman–Crippen MR) is 50.6 cm³/mol. The molecule has 0 saturated heterocycles. The first-order valence-corrected chi connectivity index (χ1v) is 6.12. The SMILES string of the molecule is O=C(OCC[Si](F)(F)F)c1ccccc1. The molecular formula is C9H9F3O2Si. The Bertz CT molecular complexity index is 324. The van der Waals surface area contributed by atoms with Crippen LogP contribution in [0.25, 0.3) is 0 Å². The molecule has 1 aromatic rings. The second-order valence-corrected chi connectivity index (χ2v) is 4.60. The molecule has 0 saturated carbocycles. The van der Waals surface area contributed by atoms with Crippen molar-refractivity contribution in [2.24, 2.45) is 0 Å². The molecule has 15 heavy (non-hydrogen) atoms. The maximum Gasteiger partial charge on any atom is 0.619 e. The fraction of sp³-hybridized carbons (Fsp3) is 0.222. The average Bonchev–Trinajstić information content (AvgIpc) is 2.17. The first kappa shape index (κ1) is 11.8. The first-order chi connectivity index (χ1) is 6.99. The Kier molecular flexibility index (Phi) is 3.90. The number of benzene rings is 1. The van der Waals surface area contributed by atoms with E-state index >= 15 is 0 Å². The predicted octanol–water partition coefficient (Wildman–Crippen LogP) is 2.69. The number of esters is 1. The van der Waals surface area contributed by atoms with E-state index in [0.717, 1.165) is 0 Å². The third kappa shape index (κ3) is 4.64. The molecule has 0 amide bonds. The van der Waals surface area contributed by atoms with Crippen LogP contribution >= 0.6 is 0 Å². The number of hydrogen-bond acceptors (Lipinski definition) is 2. The van der Waals surface area contributed by atoms with Crippen molar-refractivity contribution in [3.8, 4) is 0 Å². The Morgan fingerprint density at radius 3 is 2.33 bits per heavy atom. The number of ether oxygens (including phenoxy) is 1. The lowest BCUT2D eigenvalue weighted by atomic mass is 10.2. The largest absolute Gasteiger partial charge is 0.619 e. The topological polar surface area (TPSA) is 26.3 Å². The Hall–Kier alpha value is -1.30. The van der Waals surface area contributed by atoms with Gasteiger partial charge in [-0.15, -0.1) is 0 Å². The summed E-state index contributed by atoms with van der Waals surface area (Å²) in [4.78, 5) is 11.2. The van der Waals surface area contributed by atoms with Gasteiger partial charge in [-0.05, 0) is 12.1 Å². The summed E-state index contributed by atoms with van der Waals surface area (Å²) in [6.45, 7) is -0.580. The quantitative estimate of drug-likeness (QED) is 0.455. The van der Waals surface area contributed by atoms with E-state index in [-0.39, 0.29) is 5.56 Å².